The fourth-order valence-corrected chi connectivity index (χ4v) is 5.62. The molecule has 0 bridgehead atoms. The van der Waals surface area contributed by atoms with Gasteiger partial charge >= 0.3 is 0 Å². The van der Waals surface area contributed by atoms with Crippen LogP contribution in [0, 0.1) is 0 Å². The minimum atomic E-state index is 0.0167. The van der Waals surface area contributed by atoms with Gasteiger partial charge in [-0.2, -0.15) is 5.10 Å². The molecule has 1 aromatic heterocycles. The van der Waals surface area contributed by atoms with Gasteiger partial charge in [-0.3, -0.25) is 4.79 Å². The highest BCUT2D eigenvalue weighted by Crippen LogP contribution is 2.27. The van der Waals surface area contributed by atoms with E-state index >= 15 is 0 Å². The predicted octanol–water partition coefficient (Wildman–Crippen LogP) is 4.68. The van der Waals surface area contributed by atoms with Gasteiger partial charge in [-0.25, -0.2) is 4.68 Å². The first-order valence-electron chi connectivity index (χ1n) is 13.7. The van der Waals surface area contributed by atoms with Crippen molar-refractivity contribution in [3.8, 4) is 22.7 Å². The number of ether oxygens (including phenoxy) is 1. The van der Waals surface area contributed by atoms with E-state index in [9.17, 15) is 4.79 Å². The van der Waals surface area contributed by atoms with Crippen molar-refractivity contribution in [1.29, 1.82) is 0 Å². The number of quaternary nitrogens is 1. The fraction of sp³-hybridized carbons (Fsp3) is 0.176. The summed E-state index contributed by atoms with van der Waals surface area (Å²) < 4.78 is 7.14. The van der Waals surface area contributed by atoms with Crippen LogP contribution in [0.2, 0.25) is 0 Å². The maximum absolute atomic E-state index is 14.0. The zero-order valence-corrected chi connectivity index (χ0v) is 22.6. The Labute approximate surface area is 235 Å². The molecule has 1 saturated heterocycles. The van der Waals surface area contributed by atoms with E-state index in [2.05, 4.69) is 60.7 Å². The molecule has 6 heteroatoms. The molecule has 0 unspecified atom stereocenters. The van der Waals surface area contributed by atoms with Gasteiger partial charge in [-0.15, -0.1) is 0 Å². The first kappa shape index (κ1) is 25.6. The number of piperazine rings is 1. The summed E-state index contributed by atoms with van der Waals surface area (Å²) in [7, 11) is 1.65. The summed E-state index contributed by atoms with van der Waals surface area (Å²) in [5.41, 5.74) is 5.69. The highest BCUT2D eigenvalue weighted by atomic mass is 16.5. The molecule has 0 aliphatic carbocycles. The average molecular weight is 530 g/mol. The lowest BCUT2D eigenvalue weighted by molar-refractivity contribution is -0.929. The van der Waals surface area contributed by atoms with Gasteiger partial charge in [0.15, 0.2) is 0 Å². The Morgan fingerprint density at radius 1 is 0.775 bits per heavy atom. The topological polar surface area (TPSA) is 51.8 Å². The van der Waals surface area contributed by atoms with E-state index in [-0.39, 0.29) is 11.9 Å². The highest BCUT2D eigenvalue weighted by Gasteiger charge is 2.33. The monoisotopic (exact) mass is 529 g/mol. The Balaban J connectivity index is 1.27. The number of rotatable bonds is 7. The number of benzene rings is 4. The Morgan fingerprint density at radius 2 is 1.32 bits per heavy atom. The van der Waals surface area contributed by atoms with E-state index in [0.29, 0.717) is 24.3 Å². The fourth-order valence-electron chi connectivity index (χ4n) is 5.62. The van der Waals surface area contributed by atoms with E-state index in [1.807, 2.05) is 65.7 Å². The quantitative estimate of drug-likeness (QED) is 0.333. The van der Waals surface area contributed by atoms with Crippen LogP contribution in [-0.4, -0.2) is 53.9 Å². The number of carbonyl (C=O) groups excluding carboxylic acids is 1. The number of hydrogen-bond donors (Lipinski definition) is 1. The molecule has 2 heterocycles. The molecule has 5 aromatic rings. The van der Waals surface area contributed by atoms with Crippen molar-refractivity contribution < 1.29 is 14.4 Å². The third-order valence-corrected chi connectivity index (χ3v) is 7.70. The standard InChI is InChI=1S/C34H32N4O2/c1-40-30-19-17-26(18-20-30)32-31(25-38(35-32)29-15-9-4-10-16-29)34(39)37-23-21-36(22-24-37)33(27-11-5-2-6-12-27)28-13-7-3-8-14-28/h2-20,25,33H,21-24H2,1H3/p+1. The molecule has 1 amide bonds. The number of nitrogens with one attached hydrogen (secondary N) is 1. The summed E-state index contributed by atoms with van der Waals surface area (Å²) in [6, 6.07) is 39.3. The first-order chi connectivity index (χ1) is 19.7. The van der Waals surface area contributed by atoms with Crippen molar-refractivity contribution in [2.45, 2.75) is 6.04 Å². The van der Waals surface area contributed by atoms with Crippen LogP contribution in [0.5, 0.6) is 5.75 Å². The molecular weight excluding hydrogens is 496 g/mol. The van der Waals surface area contributed by atoms with Crippen molar-refractivity contribution in [2.24, 2.45) is 0 Å². The molecule has 40 heavy (non-hydrogen) atoms. The van der Waals surface area contributed by atoms with Gasteiger partial charge < -0.3 is 14.5 Å². The summed E-state index contributed by atoms with van der Waals surface area (Å²) in [6.45, 7) is 3.10. The zero-order chi connectivity index (χ0) is 27.3. The SMILES string of the molecule is COc1ccc(-c2nn(-c3ccccc3)cc2C(=O)N2CC[NH+](C(c3ccccc3)c3ccccc3)CC2)cc1. The number of hydrogen-bond acceptors (Lipinski definition) is 3. The van der Waals surface area contributed by atoms with Gasteiger partial charge in [-0.05, 0) is 36.4 Å². The molecule has 4 aromatic carbocycles. The summed E-state index contributed by atoms with van der Waals surface area (Å²) in [5.74, 6) is 0.785. The number of amides is 1. The van der Waals surface area contributed by atoms with Crippen LogP contribution in [0.3, 0.4) is 0 Å². The van der Waals surface area contributed by atoms with E-state index in [4.69, 9.17) is 9.84 Å². The van der Waals surface area contributed by atoms with Crippen LogP contribution in [0.1, 0.15) is 27.5 Å². The lowest BCUT2D eigenvalue weighted by Crippen LogP contribution is -3.15. The molecule has 6 rings (SSSR count). The van der Waals surface area contributed by atoms with E-state index in [1.165, 1.54) is 16.0 Å². The number of nitrogens with zero attached hydrogens (tertiary/aromatic N) is 3. The van der Waals surface area contributed by atoms with Gasteiger partial charge in [0.2, 0.25) is 0 Å². The number of methoxy groups -OCH3 is 1. The molecule has 0 saturated carbocycles. The molecule has 1 aliphatic heterocycles. The summed E-state index contributed by atoms with van der Waals surface area (Å²) >= 11 is 0. The molecule has 0 radical (unpaired) electrons. The molecular formula is C34H33N4O2+. The smallest absolute Gasteiger partial charge is 0.258 e. The van der Waals surface area contributed by atoms with Gasteiger partial charge in [0.05, 0.1) is 44.5 Å². The van der Waals surface area contributed by atoms with Crippen molar-refractivity contribution >= 4 is 5.91 Å². The maximum Gasteiger partial charge on any atom is 0.258 e. The molecule has 1 fully saturated rings. The minimum Gasteiger partial charge on any atom is -0.497 e. The van der Waals surface area contributed by atoms with Crippen LogP contribution >= 0.6 is 0 Å². The molecule has 1 aliphatic rings. The van der Waals surface area contributed by atoms with Crippen LogP contribution in [0.4, 0.5) is 0 Å². The summed E-state index contributed by atoms with van der Waals surface area (Å²) in [5, 5.41) is 4.87. The minimum absolute atomic E-state index is 0.0167. The van der Waals surface area contributed by atoms with Gasteiger partial charge in [0.1, 0.15) is 17.5 Å². The third kappa shape index (κ3) is 5.26. The zero-order valence-electron chi connectivity index (χ0n) is 22.6. The van der Waals surface area contributed by atoms with Gasteiger partial charge in [-0.1, -0.05) is 78.9 Å². The first-order valence-corrected chi connectivity index (χ1v) is 13.7. The van der Waals surface area contributed by atoms with Crippen molar-refractivity contribution in [1.82, 2.24) is 14.7 Å². The Kier molecular flexibility index (Phi) is 7.42. The molecule has 0 atom stereocenters. The Hall–Kier alpha value is -4.68. The predicted molar refractivity (Wildman–Crippen MR) is 157 cm³/mol. The van der Waals surface area contributed by atoms with Crippen LogP contribution in [-0.2, 0) is 0 Å². The van der Waals surface area contributed by atoms with E-state index in [0.717, 1.165) is 30.1 Å². The van der Waals surface area contributed by atoms with Gasteiger partial charge in [0, 0.05) is 22.9 Å². The second-order valence-electron chi connectivity index (χ2n) is 10.1. The number of para-hydroxylation sites is 1. The third-order valence-electron chi connectivity index (χ3n) is 7.70. The lowest BCUT2D eigenvalue weighted by Gasteiger charge is -2.37. The molecule has 1 N–H and O–H groups in total. The van der Waals surface area contributed by atoms with Crippen LogP contribution in [0.25, 0.3) is 16.9 Å². The van der Waals surface area contributed by atoms with Crippen LogP contribution < -0.4 is 9.64 Å². The normalized spacial score (nSPS) is 13.9. The Bertz CT molecular complexity index is 1500. The molecule has 0 spiro atoms. The second kappa shape index (κ2) is 11.6. The van der Waals surface area contributed by atoms with Crippen molar-refractivity contribution in [3.63, 3.8) is 0 Å². The van der Waals surface area contributed by atoms with E-state index < -0.39 is 0 Å². The number of aromatic nitrogens is 2. The second-order valence-corrected chi connectivity index (χ2v) is 10.1. The van der Waals surface area contributed by atoms with Crippen LogP contribution in [0.15, 0.2) is 121 Å². The largest absolute Gasteiger partial charge is 0.497 e. The number of carbonyl (C=O) groups is 1. The van der Waals surface area contributed by atoms with Crippen molar-refractivity contribution in [2.75, 3.05) is 33.3 Å². The summed E-state index contributed by atoms with van der Waals surface area (Å²) in [4.78, 5) is 17.5. The Morgan fingerprint density at radius 3 is 1.88 bits per heavy atom. The molecule has 6 nitrogen and oxygen atoms in total. The maximum atomic E-state index is 14.0. The molecule has 200 valence electrons. The van der Waals surface area contributed by atoms with Gasteiger partial charge in [0.25, 0.3) is 5.91 Å². The lowest BCUT2D eigenvalue weighted by atomic mass is 9.96. The highest BCUT2D eigenvalue weighted by molar-refractivity contribution is 6.00. The average Bonchev–Trinajstić information content (AvgIpc) is 3.48. The van der Waals surface area contributed by atoms with Crippen molar-refractivity contribution in [3.05, 3.63) is 138 Å². The van der Waals surface area contributed by atoms with E-state index in [1.54, 1.807) is 11.8 Å². The summed E-state index contributed by atoms with van der Waals surface area (Å²) in [6.07, 6.45) is 1.87.